The zero-order valence-corrected chi connectivity index (χ0v) is 12.2. The first-order valence-corrected chi connectivity index (χ1v) is 7.47. The molecule has 0 saturated heterocycles. The molecule has 1 amide bonds. The van der Waals surface area contributed by atoms with Crippen LogP contribution in [0.5, 0.6) is 0 Å². The number of hydrogen-bond acceptors (Lipinski definition) is 3. The number of hydrogen-bond donors (Lipinski definition) is 2. The van der Waals surface area contributed by atoms with Gasteiger partial charge in [0.2, 0.25) is 0 Å². The Kier molecular flexibility index (Phi) is 3.94. The number of benzene rings is 1. The Labute approximate surface area is 129 Å². The Morgan fingerprint density at radius 2 is 2.14 bits per heavy atom. The van der Waals surface area contributed by atoms with Gasteiger partial charge < -0.3 is 15.0 Å². The normalized spacial score (nSPS) is 19.4. The van der Waals surface area contributed by atoms with E-state index in [4.69, 9.17) is 11.1 Å². The second-order valence-electron chi connectivity index (χ2n) is 5.94. The van der Waals surface area contributed by atoms with Crippen molar-refractivity contribution >= 4 is 18.5 Å². The van der Waals surface area contributed by atoms with Crippen molar-refractivity contribution in [2.75, 3.05) is 0 Å². The van der Waals surface area contributed by atoms with Crippen LogP contribution in [0.2, 0.25) is 0 Å². The van der Waals surface area contributed by atoms with E-state index in [1.54, 1.807) is 0 Å². The maximum atomic E-state index is 14.2. The highest BCUT2D eigenvalue weighted by molar-refractivity contribution is 6.61. The highest BCUT2D eigenvalue weighted by Crippen LogP contribution is 2.28. The molecule has 0 spiro atoms. The van der Waals surface area contributed by atoms with Crippen LogP contribution in [-0.4, -0.2) is 23.6 Å². The number of carbonyl (C=O) groups excluding carboxylic acids is 1. The zero-order chi connectivity index (χ0) is 15.7. The molecule has 3 rings (SSSR count). The molecule has 22 heavy (non-hydrogen) atoms. The van der Waals surface area contributed by atoms with E-state index < -0.39 is 24.4 Å². The van der Waals surface area contributed by atoms with Gasteiger partial charge in [0.25, 0.3) is 5.91 Å². The van der Waals surface area contributed by atoms with E-state index in [0.717, 1.165) is 19.3 Å². The summed E-state index contributed by atoms with van der Waals surface area (Å²) in [5.74, 6) is 1.50. The fourth-order valence-electron chi connectivity index (χ4n) is 3.16. The van der Waals surface area contributed by atoms with Crippen LogP contribution in [0.25, 0.3) is 0 Å². The average molecular weight is 301 g/mol. The molecule has 114 valence electrons. The van der Waals surface area contributed by atoms with Crippen LogP contribution >= 0.6 is 0 Å². The number of terminal acetylenes is 1. The third kappa shape index (κ3) is 2.62. The summed E-state index contributed by atoms with van der Waals surface area (Å²) in [5.41, 5.74) is 0.190. The molecule has 0 radical (unpaired) electrons. The first-order valence-electron chi connectivity index (χ1n) is 7.47. The summed E-state index contributed by atoms with van der Waals surface area (Å²) in [6, 6.07) is 2.59. The van der Waals surface area contributed by atoms with Gasteiger partial charge in [-0.15, -0.1) is 6.42 Å². The minimum atomic E-state index is -1.11. The van der Waals surface area contributed by atoms with Gasteiger partial charge in [-0.05, 0) is 36.0 Å². The lowest BCUT2D eigenvalue weighted by Crippen LogP contribution is -2.49. The Hall–Kier alpha value is -1.84. The van der Waals surface area contributed by atoms with E-state index in [1.807, 2.05) is 0 Å². The SMILES string of the molecule is C#CC1(NC(=O)c2cc3c(cc2F)COB3O)CCCCC1. The van der Waals surface area contributed by atoms with Crippen LogP contribution in [0.4, 0.5) is 4.39 Å². The standard InChI is InChI=1S/C16H17BFNO3/c1-2-16(6-4-3-5-7-16)19-15(20)12-9-13-11(8-14(12)18)10-22-17(13)21/h1,8-9,21H,3-7,10H2,(H,19,20). The lowest BCUT2D eigenvalue weighted by atomic mass is 9.78. The van der Waals surface area contributed by atoms with Gasteiger partial charge in [-0.25, -0.2) is 4.39 Å². The van der Waals surface area contributed by atoms with Gasteiger partial charge in [0, 0.05) is 0 Å². The summed E-state index contributed by atoms with van der Waals surface area (Å²) in [7, 11) is -1.11. The van der Waals surface area contributed by atoms with Gasteiger partial charge in [-0.1, -0.05) is 25.2 Å². The number of fused-ring (bicyclic) bond motifs is 1. The van der Waals surface area contributed by atoms with E-state index in [0.29, 0.717) is 23.9 Å². The molecule has 1 fully saturated rings. The predicted octanol–water partition coefficient (Wildman–Crippen LogP) is 1.11. The zero-order valence-electron chi connectivity index (χ0n) is 12.2. The summed E-state index contributed by atoms with van der Waals surface area (Å²) in [6.45, 7) is 0.142. The first kappa shape index (κ1) is 15.1. The molecular weight excluding hydrogens is 284 g/mol. The third-order valence-corrected chi connectivity index (χ3v) is 4.47. The fraction of sp³-hybridized carbons (Fsp3) is 0.438. The monoisotopic (exact) mass is 301 g/mol. The molecule has 0 aromatic heterocycles. The van der Waals surface area contributed by atoms with Crippen molar-refractivity contribution in [3.63, 3.8) is 0 Å². The fourth-order valence-corrected chi connectivity index (χ4v) is 3.16. The lowest BCUT2D eigenvalue weighted by Gasteiger charge is -2.33. The topological polar surface area (TPSA) is 58.6 Å². The molecule has 0 unspecified atom stereocenters. The number of carbonyl (C=O) groups is 1. The lowest BCUT2D eigenvalue weighted by molar-refractivity contribution is 0.0900. The Morgan fingerprint density at radius 1 is 1.41 bits per heavy atom. The van der Waals surface area contributed by atoms with Gasteiger partial charge in [-0.3, -0.25) is 4.79 Å². The molecule has 0 atom stereocenters. The van der Waals surface area contributed by atoms with Crippen LogP contribution in [0.15, 0.2) is 12.1 Å². The first-order chi connectivity index (χ1) is 10.5. The Morgan fingerprint density at radius 3 is 2.82 bits per heavy atom. The van der Waals surface area contributed by atoms with Crippen LogP contribution in [0.1, 0.15) is 48.0 Å². The summed E-state index contributed by atoms with van der Waals surface area (Å²) in [4.78, 5) is 12.4. The summed E-state index contributed by atoms with van der Waals surface area (Å²) in [6.07, 6.45) is 9.99. The maximum absolute atomic E-state index is 14.2. The van der Waals surface area contributed by atoms with Gasteiger partial charge in [0.15, 0.2) is 0 Å². The van der Waals surface area contributed by atoms with Crippen LogP contribution < -0.4 is 10.8 Å². The molecule has 1 aromatic rings. The van der Waals surface area contributed by atoms with Crippen molar-refractivity contribution in [2.24, 2.45) is 0 Å². The number of amides is 1. The van der Waals surface area contributed by atoms with Crippen molar-refractivity contribution in [3.05, 3.63) is 29.1 Å². The largest absolute Gasteiger partial charge is 0.491 e. The van der Waals surface area contributed by atoms with Gasteiger partial charge in [0.05, 0.1) is 12.2 Å². The van der Waals surface area contributed by atoms with Crippen molar-refractivity contribution in [1.29, 1.82) is 0 Å². The number of nitrogens with one attached hydrogen (secondary N) is 1. The molecule has 1 saturated carbocycles. The van der Waals surface area contributed by atoms with E-state index in [-0.39, 0.29) is 12.2 Å². The minimum Gasteiger partial charge on any atom is -0.423 e. The summed E-state index contributed by atoms with van der Waals surface area (Å²) in [5, 5.41) is 12.5. The molecule has 0 bridgehead atoms. The molecule has 4 nitrogen and oxygen atoms in total. The second-order valence-corrected chi connectivity index (χ2v) is 5.94. The van der Waals surface area contributed by atoms with E-state index in [2.05, 4.69) is 11.2 Å². The highest BCUT2D eigenvalue weighted by Gasteiger charge is 2.34. The van der Waals surface area contributed by atoms with Crippen LogP contribution in [0, 0.1) is 18.2 Å². The van der Waals surface area contributed by atoms with Crippen LogP contribution in [0.3, 0.4) is 0 Å². The molecule has 1 aliphatic carbocycles. The van der Waals surface area contributed by atoms with Crippen molar-refractivity contribution in [2.45, 2.75) is 44.2 Å². The Balaban J connectivity index is 1.86. The van der Waals surface area contributed by atoms with Gasteiger partial charge in [-0.2, -0.15) is 0 Å². The molecule has 1 heterocycles. The van der Waals surface area contributed by atoms with Crippen molar-refractivity contribution < 1.29 is 18.9 Å². The second kappa shape index (κ2) is 5.75. The van der Waals surface area contributed by atoms with Gasteiger partial charge in [0.1, 0.15) is 11.4 Å². The predicted molar refractivity (Wildman–Crippen MR) is 80.9 cm³/mol. The third-order valence-electron chi connectivity index (χ3n) is 4.47. The maximum Gasteiger partial charge on any atom is 0.491 e. The minimum absolute atomic E-state index is 0.108. The van der Waals surface area contributed by atoms with Crippen LogP contribution in [-0.2, 0) is 11.3 Å². The molecule has 1 aliphatic heterocycles. The van der Waals surface area contributed by atoms with Crippen molar-refractivity contribution in [3.8, 4) is 12.3 Å². The quantitative estimate of drug-likeness (QED) is 0.635. The molecule has 1 aromatic carbocycles. The smallest absolute Gasteiger partial charge is 0.423 e. The Bertz CT molecular complexity index is 650. The van der Waals surface area contributed by atoms with E-state index in [9.17, 15) is 14.2 Å². The average Bonchev–Trinajstić information content (AvgIpc) is 2.87. The number of halogens is 1. The highest BCUT2D eigenvalue weighted by atomic mass is 19.1. The summed E-state index contributed by atoms with van der Waals surface area (Å²) < 4.78 is 19.2. The number of rotatable bonds is 2. The van der Waals surface area contributed by atoms with Gasteiger partial charge >= 0.3 is 7.12 Å². The van der Waals surface area contributed by atoms with E-state index in [1.165, 1.54) is 12.1 Å². The summed E-state index contributed by atoms with van der Waals surface area (Å²) >= 11 is 0. The van der Waals surface area contributed by atoms with E-state index >= 15 is 0 Å². The van der Waals surface area contributed by atoms with Crippen molar-refractivity contribution in [1.82, 2.24) is 5.32 Å². The molecule has 2 aliphatic rings. The molecule has 6 heteroatoms. The molecular formula is C16H17BFNO3. The molecule has 2 N–H and O–H groups in total.